The first-order valence-electron chi connectivity index (χ1n) is 6.40. The third kappa shape index (κ3) is 4.04. The Morgan fingerprint density at radius 2 is 1.81 bits per heavy atom. The second kappa shape index (κ2) is 6.51. The molecule has 2 aromatic rings. The van der Waals surface area contributed by atoms with Crippen LogP contribution in [-0.2, 0) is 4.79 Å². The largest absolute Gasteiger partial charge is 0.376 e. The van der Waals surface area contributed by atoms with Gasteiger partial charge in [0.1, 0.15) is 0 Å². The van der Waals surface area contributed by atoms with Crippen LogP contribution in [-0.4, -0.2) is 17.4 Å². The molecule has 0 spiro atoms. The summed E-state index contributed by atoms with van der Waals surface area (Å²) >= 11 is 0. The maximum absolute atomic E-state index is 11.8. The highest BCUT2D eigenvalue weighted by Crippen LogP contribution is 2.16. The number of hydrogen-bond acceptors (Lipinski definition) is 4. The second-order valence-electron chi connectivity index (χ2n) is 4.52. The number of amides is 1. The van der Waals surface area contributed by atoms with Crippen molar-refractivity contribution in [2.45, 2.75) is 6.92 Å². The number of nitrogens with zero attached hydrogens (tertiary/aromatic N) is 1. The van der Waals surface area contributed by atoms with E-state index in [9.17, 15) is 14.9 Å². The SMILES string of the molecule is Cc1ccccc1NCC(=O)Nc1ccc([N+](=O)[O-])cc1. The highest BCUT2D eigenvalue weighted by Gasteiger charge is 2.06. The molecule has 0 fully saturated rings. The lowest BCUT2D eigenvalue weighted by molar-refractivity contribution is -0.384. The fourth-order valence-electron chi connectivity index (χ4n) is 1.82. The zero-order valence-electron chi connectivity index (χ0n) is 11.5. The fraction of sp³-hybridized carbons (Fsp3) is 0.133. The number of hydrogen-bond donors (Lipinski definition) is 2. The number of para-hydroxylation sites is 1. The molecule has 0 heterocycles. The first-order chi connectivity index (χ1) is 10.1. The summed E-state index contributed by atoms with van der Waals surface area (Å²) in [7, 11) is 0. The Labute approximate surface area is 121 Å². The molecule has 6 heteroatoms. The molecule has 2 N–H and O–H groups in total. The Bertz CT molecular complexity index is 653. The summed E-state index contributed by atoms with van der Waals surface area (Å²) in [6, 6.07) is 13.4. The van der Waals surface area contributed by atoms with Crippen molar-refractivity contribution in [3.63, 3.8) is 0 Å². The van der Waals surface area contributed by atoms with E-state index < -0.39 is 4.92 Å². The number of benzene rings is 2. The third-order valence-corrected chi connectivity index (χ3v) is 2.95. The van der Waals surface area contributed by atoms with Crippen molar-refractivity contribution >= 4 is 23.0 Å². The molecule has 0 saturated carbocycles. The van der Waals surface area contributed by atoms with Gasteiger partial charge in [-0.3, -0.25) is 14.9 Å². The number of non-ortho nitro benzene ring substituents is 1. The number of aryl methyl sites for hydroxylation is 1. The summed E-state index contributed by atoms with van der Waals surface area (Å²) < 4.78 is 0. The second-order valence-corrected chi connectivity index (χ2v) is 4.52. The number of nitro benzene ring substituents is 1. The maximum atomic E-state index is 11.8. The van der Waals surface area contributed by atoms with Crippen molar-refractivity contribution in [2.75, 3.05) is 17.2 Å². The van der Waals surface area contributed by atoms with Crippen LogP contribution < -0.4 is 10.6 Å². The Hall–Kier alpha value is -2.89. The minimum absolute atomic E-state index is 0.00830. The van der Waals surface area contributed by atoms with Crippen LogP contribution in [0.25, 0.3) is 0 Å². The van der Waals surface area contributed by atoms with Gasteiger partial charge in [-0.25, -0.2) is 0 Å². The highest BCUT2D eigenvalue weighted by molar-refractivity contribution is 5.93. The fourth-order valence-corrected chi connectivity index (χ4v) is 1.82. The Kier molecular flexibility index (Phi) is 4.50. The lowest BCUT2D eigenvalue weighted by atomic mass is 10.2. The van der Waals surface area contributed by atoms with Gasteiger partial charge in [0.05, 0.1) is 11.5 Å². The topological polar surface area (TPSA) is 84.3 Å². The quantitative estimate of drug-likeness (QED) is 0.653. The summed E-state index contributed by atoms with van der Waals surface area (Å²) in [6.45, 7) is 2.08. The van der Waals surface area contributed by atoms with E-state index in [4.69, 9.17) is 0 Å². The minimum Gasteiger partial charge on any atom is -0.376 e. The number of rotatable bonds is 5. The summed E-state index contributed by atoms with van der Waals surface area (Å²) in [5.41, 5.74) is 2.47. The van der Waals surface area contributed by atoms with E-state index in [1.165, 1.54) is 24.3 Å². The first kappa shape index (κ1) is 14.5. The van der Waals surface area contributed by atoms with Crippen LogP contribution in [0.3, 0.4) is 0 Å². The van der Waals surface area contributed by atoms with E-state index in [0.717, 1.165) is 11.3 Å². The lowest BCUT2D eigenvalue weighted by Crippen LogP contribution is -2.22. The van der Waals surface area contributed by atoms with Gasteiger partial charge in [-0.15, -0.1) is 0 Å². The molecule has 0 aliphatic heterocycles. The first-order valence-corrected chi connectivity index (χ1v) is 6.40. The molecule has 21 heavy (non-hydrogen) atoms. The number of nitrogens with one attached hydrogen (secondary N) is 2. The Balaban J connectivity index is 1.90. The van der Waals surface area contributed by atoms with Crippen molar-refractivity contribution in [3.8, 4) is 0 Å². The van der Waals surface area contributed by atoms with Crippen LogP contribution >= 0.6 is 0 Å². The summed E-state index contributed by atoms with van der Waals surface area (Å²) in [5, 5.41) is 16.2. The van der Waals surface area contributed by atoms with Crippen molar-refractivity contribution in [3.05, 3.63) is 64.2 Å². The Morgan fingerprint density at radius 1 is 1.14 bits per heavy atom. The molecular weight excluding hydrogens is 270 g/mol. The van der Waals surface area contributed by atoms with Crippen molar-refractivity contribution in [1.82, 2.24) is 0 Å². The molecule has 0 unspecified atom stereocenters. The molecule has 2 aromatic carbocycles. The van der Waals surface area contributed by atoms with E-state index in [-0.39, 0.29) is 18.1 Å². The monoisotopic (exact) mass is 285 g/mol. The van der Waals surface area contributed by atoms with Crippen LogP contribution in [0.5, 0.6) is 0 Å². The number of anilines is 2. The van der Waals surface area contributed by atoms with E-state index in [2.05, 4.69) is 10.6 Å². The normalized spacial score (nSPS) is 9.95. The predicted molar refractivity (Wildman–Crippen MR) is 81.4 cm³/mol. The van der Waals surface area contributed by atoms with Crippen molar-refractivity contribution in [2.24, 2.45) is 0 Å². The van der Waals surface area contributed by atoms with Gasteiger partial charge < -0.3 is 10.6 Å². The average Bonchev–Trinajstić information content (AvgIpc) is 2.47. The smallest absolute Gasteiger partial charge is 0.269 e. The molecule has 2 rings (SSSR count). The molecule has 0 saturated heterocycles. The van der Waals surface area contributed by atoms with E-state index >= 15 is 0 Å². The van der Waals surface area contributed by atoms with E-state index in [1.54, 1.807) is 0 Å². The third-order valence-electron chi connectivity index (χ3n) is 2.95. The summed E-state index contributed by atoms with van der Waals surface area (Å²) in [4.78, 5) is 21.9. The number of carbonyl (C=O) groups excluding carboxylic acids is 1. The molecular formula is C15H15N3O3. The van der Waals surface area contributed by atoms with Gasteiger partial charge in [-0.1, -0.05) is 18.2 Å². The van der Waals surface area contributed by atoms with Gasteiger partial charge in [0.2, 0.25) is 5.91 Å². The molecule has 6 nitrogen and oxygen atoms in total. The molecule has 0 bridgehead atoms. The average molecular weight is 285 g/mol. The van der Waals surface area contributed by atoms with Crippen LogP contribution in [0.4, 0.5) is 17.1 Å². The molecule has 0 aromatic heterocycles. The molecule has 1 amide bonds. The molecule has 0 aliphatic carbocycles. The standard InChI is InChI=1S/C15H15N3O3/c1-11-4-2-3-5-14(11)16-10-15(19)17-12-6-8-13(9-7-12)18(20)21/h2-9,16H,10H2,1H3,(H,17,19). The van der Waals surface area contributed by atoms with Gasteiger partial charge >= 0.3 is 0 Å². The summed E-state index contributed by atoms with van der Waals surface area (Å²) in [5.74, 6) is -0.216. The molecule has 0 radical (unpaired) electrons. The van der Waals surface area contributed by atoms with Crippen LogP contribution in [0, 0.1) is 17.0 Å². The highest BCUT2D eigenvalue weighted by atomic mass is 16.6. The van der Waals surface area contributed by atoms with Crippen molar-refractivity contribution in [1.29, 1.82) is 0 Å². The van der Waals surface area contributed by atoms with Crippen LogP contribution in [0.2, 0.25) is 0 Å². The lowest BCUT2D eigenvalue weighted by Gasteiger charge is -2.09. The number of carbonyl (C=O) groups is 1. The zero-order valence-corrected chi connectivity index (χ0v) is 11.5. The molecule has 108 valence electrons. The van der Waals surface area contributed by atoms with Crippen molar-refractivity contribution < 1.29 is 9.72 Å². The number of nitro groups is 1. The van der Waals surface area contributed by atoms with Gasteiger partial charge in [-0.05, 0) is 30.7 Å². The maximum Gasteiger partial charge on any atom is 0.269 e. The van der Waals surface area contributed by atoms with Crippen LogP contribution in [0.1, 0.15) is 5.56 Å². The molecule has 0 aliphatic rings. The van der Waals surface area contributed by atoms with Crippen LogP contribution in [0.15, 0.2) is 48.5 Å². The summed E-state index contributed by atoms with van der Waals surface area (Å²) in [6.07, 6.45) is 0. The van der Waals surface area contributed by atoms with Gasteiger partial charge in [0.25, 0.3) is 5.69 Å². The zero-order chi connectivity index (χ0) is 15.2. The van der Waals surface area contributed by atoms with E-state index in [1.807, 2.05) is 31.2 Å². The van der Waals surface area contributed by atoms with Gasteiger partial charge in [0, 0.05) is 23.5 Å². The van der Waals surface area contributed by atoms with Gasteiger partial charge in [-0.2, -0.15) is 0 Å². The minimum atomic E-state index is -0.481. The molecule has 0 atom stereocenters. The van der Waals surface area contributed by atoms with E-state index in [0.29, 0.717) is 5.69 Å². The van der Waals surface area contributed by atoms with Gasteiger partial charge in [0.15, 0.2) is 0 Å². The Morgan fingerprint density at radius 3 is 2.43 bits per heavy atom. The predicted octanol–water partition coefficient (Wildman–Crippen LogP) is 2.95.